The van der Waals surface area contributed by atoms with Gasteiger partial charge in [-0.05, 0) is 29.8 Å². The van der Waals surface area contributed by atoms with Gasteiger partial charge in [0.2, 0.25) is 5.88 Å². The van der Waals surface area contributed by atoms with Crippen molar-refractivity contribution < 1.29 is 9.47 Å². The molecule has 5 heteroatoms. The van der Waals surface area contributed by atoms with Crippen molar-refractivity contribution in [2.24, 2.45) is 0 Å². The van der Waals surface area contributed by atoms with Crippen LogP contribution in [0.2, 0.25) is 0 Å². The van der Waals surface area contributed by atoms with Gasteiger partial charge in [-0.2, -0.15) is 0 Å². The van der Waals surface area contributed by atoms with Crippen LogP contribution < -0.4 is 14.8 Å². The van der Waals surface area contributed by atoms with Gasteiger partial charge in [-0.1, -0.05) is 22.0 Å². The maximum Gasteiger partial charge on any atom is 0.217 e. The number of benzene rings is 1. The monoisotopic (exact) mass is 336 g/mol. The first-order valence-corrected chi connectivity index (χ1v) is 7.05. The Morgan fingerprint density at radius 1 is 1.10 bits per heavy atom. The molecule has 4 nitrogen and oxygen atoms in total. The third kappa shape index (κ3) is 3.71. The standard InChI is InChI=1S/C15H17BrN2O2/c1-19-13-5-6-14(16)12(8-13)10-17-9-11-4-3-7-18-15(11)20-2/h3-8,17H,9-10H2,1-2H3. The smallest absolute Gasteiger partial charge is 0.217 e. The minimum Gasteiger partial charge on any atom is -0.497 e. The highest BCUT2D eigenvalue weighted by molar-refractivity contribution is 9.10. The maximum atomic E-state index is 5.23. The fourth-order valence-corrected chi connectivity index (χ4v) is 2.27. The minimum atomic E-state index is 0.657. The van der Waals surface area contributed by atoms with E-state index >= 15 is 0 Å². The van der Waals surface area contributed by atoms with E-state index < -0.39 is 0 Å². The molecule has 0 fully saturated rings. The summed E-state index contributed by atoms with van der Waals surface area (Å²) in [6.45, 7) is 1.43. The van der Waals surface area contributed by atoms with E-state index in [2.05, 4.69) is 26.2 Å². The van der Waals surface area contributed by atoms with Crippen LogP contribution in [0.15, 0.2) is 41.0 Å². The molecule has 0 spiro atoms. The molecule has 0 atom stereocenters. The van der Waals surface area contributed by atoms with Crippen LogP contribution >= 0.6 is 15.9 Å². The molecule has 1 aromatic heterocycles. The van der Waals surface area contributed by atoms with Gasteiger partial charge in [0, 0.05) is 29.3 Å². The molecule has 0 aliphatic carbocycles. The number of hydrogen-bond donors (Lipinski definition) is 1. The van der Waals surface area contributed by atoms with E-state index in [4.69, 9.17) is 9.47 Å². The second-order valence-electron chi connectivity index (χ2n) is 4.23. The fourth-order valence-electron chi connectivity index (χ4n) is 1.89. The summed E-state index contributed by atoms with van der Waals surface area (Å²) in [5.74, 6) is 1.51. The van der Waals surface area contributed by atoms with Crippen LogP contribution in [-0.4, -0.2) is 19.2 Å². The van der Waals surface area contributed by atoms with Crippen molar-refractivity contribution in [1.29, 1.82) is 0 Å². The fraction of sp³-hybridized carbons (Fsp3) is 0.267. The molecule has 0 bridgehead atoms. The summed E-state index contributed by atoms with van der Waals surface area (Å²) in [6.07, 6.45) is 1.72. The zero-order valence-electron chi connectivity index (χ0n) is 11.5. The van der Waals surface area contributed by atoms with E-state index in [0.29, 0.717) is 12.4 Å². The molecule has 2 aromatic rings. The highest BCUT2D eigenvalue weighted by Crippen LogP contribution is 2.22. The predicted molar refractivity (Wildman–Crippen MR) is 82.0 cm³/mol. The molecule has 0 unspecified atom stereocenters. The number of nitrogens with one attached hydrogen (secondary N) is 1. The van der Waals surface area contributed by atoms with E-state index in [9.17, 15) is 0 Å². The van der Waals surface area contributed by atoms with Crippen LogP contribution in [0, 0.1) is 0 Å². The number of halogens is 1. The number of nitrogens with zero attached hydrogens (tertiary/aromatic N) is 1. The first-order valence-electron chi connectivity index (χ1n) is 6.25. The van der Waals surface area contributed by atoms with Gasteiger partial charge in [0.05, 0.1) is 14.2 Å². The van der Waals surface area contributed by atoms with Crippen molar-refractivity contribution in [2.75, 3.05) is 14.2 Å². The number of aromatic nitrogens is 1. The molecule has 0 aliphatic heterocycles. The van der Waals surface area contributed by atoms with Gasteiger partial charge in [-0.15, -0.1) is 0 Å². The Kier molecular flexibility index (Phi) is 5.38. The van der Waals surface area contributed by atoms with Crippen molar-refractivity contribution in [3.63, 3.8) is 0 Å². The lowest BCUT2D eigenvalue weighted by atomic mass is 10.2. The Hall–Kier alpha value is -1.59. The van der Waals surface area contributed by atoms with Crippen molar-refractivity contribution in [3.8, 4) is 11.6 Å². The average Bonchev–Trinajstić information content (AvgIpc) is 2.49. The maximum absolute atomic E-state index is 5.23. The average molecular weight is 337 g/mol. The third-order valence-corrected chi connectivity index (χ3v) is 3.70. The van der Waals surface area contributed by atoms with E-state index in [1.807, 2.05) is 30.3 Å². The van der Waals surface area contributed by atoms with E-state index in [-0.39, 0.29) is 0 Å². The van der Waals surface area contributed by atoms with Crippen molar-refractivity contribution >= 4 is 15.9 Å². The third-order valence-electron chi connectivity index (χ3n) is 2.93. The number of hydrogen-bond acceptors (Lipinski definition) is 4. The summed E-state index contributed by atoms with van der Waals surface area (Å²) in [7, 11) is 3.30. The Labute approximate surface area is 127 Å². The summed E-state index contributed by atoms with van der Waals surface area (Å²) >= 11 is 3.54. The van der Waals surface area contributed by atoms with Crippen molar-refractivity contribution in [2.45, 2.75) is 13.1 Å². The first-order chi connectivity index (χ1) is 9.74. The highest BCUT2D eigenvalue weighted by Gasteiger charge is 2.05. The second kappa shape index (κ2) is 7.26. The highest BCUT2D eigenvalue weighted by atomic mass is 79.9. The molecule has 1 N–H and O–H groups in total. The zero-order chi connectivity index (χ0) is 14.4. The topological polar surface area (TPSA) is 43.4 Å². The second-order valence-corrected chi connectivity index (χ2v) is 5.09. The molecular weight excluding hydrogens is 320 g/mol. The molecule has 1 heterocycles. The van der Waals surface area contributed by atoms with E-state index in [1.54, 1.807) is 20.4 Å². The summed E-state index contributed by atoms with van der Waals surface area (Å²) in [6, 6.07) is 9.83. The van der Waals surface area contributed by atoms with Crippen LogP contribution in [0.4, 0.5) is 0 Å². The van der Waals surface area contributed by atoms with Crippen LogP contribution in [0.5, 0.6) is 11.6 Å². The summed E-state index contributed by atoms with van der Waals surface area (Å²) in [5, 5.41) is 3.38. The molecule has 106 valence electrons. The lowest BCUT2D eigenvalue weighted by molar-refractivity contribution is 0.390. The molecule has 20 heavy (non-hydrogen) atoms. The number of ether oxygens (including phenoxy) is 2. The van der Waals surface area contributed by atoms with E-state index in [0.717, 1.165) is 27.9 Å². The normalized spacial score (nSPS) is 10.3. The number of rotatable bonds is 6. The Bertz CT molecular complexity index is 576. The summed E-state index contributed by atoms with van der Waals surface area (Å²) in [5.41, 5.74) is 2.18. The molecule has 0 saturated carbocycles. The van der Waals surface area contributed by atoms with Gasteiger partial charge in [0.1, 0.15) is 5.75 Å². The quantitative estimate of drug-likeness (QED) is 0.879. The Morgan fingerprint density at radius 3 is 2.65 bits per heavy atom. The number of pyridine rings is 1. The number of methoxy groups -OCH3 is 2. The van der Waals surface area contributed by atoms with Crippen LogP contribution in [0.25, 0.3) is 0 Å². The van der Waals surface area contributed by atoms with Gasteiger partial charge in [-0.25, -0.2) is 4.98 Å². The van der Waals surface area contributed by atoms with Gasteiger partial charge >= 0.3 is 0 Å². The molecular formula is C15H17BrN2O2. The first kappa shape index (κ1) is 14.8. The van der Waals surface area contributed by atoms with E-state index in [1.165, 1.54) is 0 Å². The predicted octanol–water partition coefficient (Wildman–Crippen LogP) is 3.15. The summed E-state index contributed by atoms with van der Waals surface area (Å²) in [4.78, 5) is 4.18. The summed E-state index contributed by atoms with van der Waals surface area (Å²) < 4.78 is 11.5. The molecule has 1 aromatic carbocycles. The largest absolute Gasteiger partial charge is 0.497 e. The van der Waals surface area contributed by atoms with Crippen LogP contribution in [-0.2, 0) is 13.1 Å². The molecule has 2 rings (SSSR count). The van der Waals surface area contributed by atoms with Gasteiger partial charge < -0.3 is 14.8 Å². The molecule has 0 aliphatic rings. The van der Waals surface area contributed by atoms with Crippen molar-refractivity contribution in [1.82, 2.24) is 10.3 Å². The van der Waals surface area contributed by atoms with Crippen LogP contribution in [0.3, 0.4) is 0 Å². The lowest BCUT2D eigenvalue weighted by Crippen LogP contribution is -2.14. The molecule has 0 amide bonds. The molecule has 0 saturated heterocycles. The van der Waals surface area contributed by atoms with Crippen LogP contribution in [0.1, 0.15) is 11.1 Å². The van der Waals surface area contributed by atoms with Gasteiger partial charge in [0.15, 0.2) is 0 Å². The van der Waals surface area contributed by atoms with Gasteiger partial charge in [-0.3, -0.25) is 0 Å². The van der Waals surface area contributed by atoms with Gasteiger partial charge in [0.25, 0.3) is 0 Å². The Morgan fingerprint density at radius 2 is 1.90 bits per heavy atom. The minimum absolute atomic E-state index is 0.657. The van der Waals surface area contributed by atoms with Crippen molar-refractivity contribution in [3.05, 3.63) is 52.1 Å². The lowest BCUT2D eigenvalue weighted by Gasteiger charge is -2.10. The Balaban J connectivity index is 1.99. The SMILES string of the molecule is COc1ccc(Br)c(CNCc2cccnc2OC)c1. The zero-order valence-corrected chi connectivity index (χ0v) is 13.1. The molecule has 0 radical (unpaired) electrons.